The average molecular weight is 285 g/mol. The number of rotatable bonds is 4. The number of nitrogens with two attached hydrogens (primary N) is 1. The zero-order chi connectivity index (χ0) is 14.0. The van der Waals surface area contributed by atoms with Gasteiger partial charge in [0.15, 0.2) is 0 Å². The number of carbonyl (C=O) groups is 1. The van der Waals surface area contributed by atoms with E-state index in [1.54, 1.807) is 0 Å². The molecule has 1 aromatic rings. The third kappa shape index (κ3) is 2.71. The third-order valence-corrected chi connectivity index (χ3v) is 4.27. The van der Waals surface area contributed by atoms with E-state index >= 15 is 0 Å². The number of hydrogen-bond acceptors (Lipinski definition) is 5. The molecule has 1 heterocycles. The summed E-state index contributed by atoms with van der Waals surface area (Å²) in [5.74, 6) is -0.191. The van der Waals surface area contributed by atoms with Gasteiger partial charge in [-0.1, -0.05) is 19.8 Å². The van der Waals surface area contributed by atoms with Gasteiger partial charge in [0.05, 0.1) is 12.1 Å². The first-order valence-corrected chi connectivity index (χ1v) is 7.47. The predicted octanol–water partition coefficient (Wildman–Crippen LogP) is 1.75. The van der Waals surface area contributed by atoms with E-state index in [1.807, 2.05) is 6.92 Å². The number of nitrogens with zero attached hydrogens (tertiary/aromatic N) is 2. The number of carboxylic acids is 1. The van der Waals surface area contributed by atoms with Crippen molar-refractivity contribution in [3.8, 4) is 0 Å². The number of aliphatic hydroxyl groups is 1. The number of aromatic nitrogens is 2. The molecular formula is C12H19N3O3S. The maximum atomic E-state index is 11.3. The minimum absolute atomic E-state index is 0.0598. The van der Waals surface area contributed by atoms with Crippen molar-refractivity contribution in [1.29, 1.82) is 0 Å². The smallest absolute Gasteiger partial charge is 0.342 e. The van der Waals surface area contributed by atoms with E-state index in [9.17, 15) is 15.0 Å². The lowest BCUT2D eigenvalue weighted by atomic mass is 9.93. The van der Waals surface area contributed by atoms with Crippen LogP contribution in [0.15, 0.2) is 5.03 Å². The number of carboxylic acid groups (broad SMARTS) is 1. The zero-order valence-electron chi connectivity index (χ0n) is 10.9. The molecular weight excluding hydrogens is 266 g/mol. The van der Waals surface area contributed by atoms with Crippen molar-refractivity contribution in [2.24, 2.45) is 0 Å². The van der Waals surface area contributed by atoms with E-state index in [4.69, 9.17) is 5.73 Å². The molecule has 106 valence electrons. The van der Waals surface area contributed by atoms with Crippen LogP contribution in [0.3, 0.4) is 0 Å². The number of hydrogen-bond donors (Lipinski definition) is 3. The van der Waals surface area contributed by atoms with Crippen LogP contribution >= 0.6 is 11.8 Å². The Hall–Kier alpha value is -1.21. The highest BCUT2D eigenvalue weighted by Gasteiger charge is 2.30. The van der Waals surface area contributed by atoms with Crippen LogP contribution in [0.1, 0.15) is 49.0 Å². The molecule has 0 amide bonds. The normalized spacial score (nSPS) is 23.5. The summed E-state index contributed by atoms with van der Waals surface area (Å²) in [7, 11) is 0. The molecule has 0 saturated heterocycles. The fraction of sp³-hybridized carbons (Fsp3) is 0.667. The summed E-state index contributed by atoms with van der Waals surface area (Å²) < 4.78 is 1.51. The summed E-state index contributed by atoms with van der Waals surface area (Å²) in [4.78, 5) is 11.3. The van der Waals surface area contributed by atoms with Crippen molar-refractivity contribution in [3.63, 3.8) is 0 Å². The highest BCUT2D eigenvalue weighted by Crippen LogP contribution is 2.34. The average Bonchev–Trinajstić information content (AvgIpc) is 2.67. The Morgan fingerprint density at radius 3 is 2.79 bits per heavy atom. The summed E-state index contributed by atoms with van der Waals surface area (Å²) in [5.41, 5.74) is 5.98. The lowest BCUT2D eigenvalue weighted by Gasteiger charge is -2.28. The second kappa shape index (κ2) is 5.83. The second-order valence-corrected chi connectivity index (χ2v) is 5.92. The number of thioether (sulfide) groups is 1. The molecule has 1 aromatic heterocycles. The highest BCUT2D eigenvalue weighted by molar-refractivity contribution is 7.99. The van der Waals surface area contributed by atoms with E-state index in [0.29, 0.717) is 11.4 Å². The Kier molecular flexibility index (Phi) is 4.36. The molecule has 1 aliphatic rings. The summed E-state index contributed by atoms with van der Waals surface area (Å²) >= 11 is 1.36. The van der Waals surface area contributed by atoms with Crippen LogP contribution in [0.4, 0.5) is 5.82 Å². The number of aliphatic hydroxyl groups excluding tert-OH is 1. The zero-order valence-corrected chi connectivity index (χ0v) is 11.7. The van der Waals surface area contributed by atoms with Gasteiger partial charge in [-0.2, -0.15) is 5.10 Å². The van der Waals surface area contributed by atoms with Crippen LogP contribution in [0.5, 0.6) is 0 Å². The van der Waals surface area contributed by atoms with Crippen molar-refractivity contribution >= 4 is 23.5 Å². The summed E-state index contributed by atoms with van der Waals surface area (Å²) in [6.07, 6.45) is 2.98. The van der Waals surface area contributed by atoms with E-state index in [-0.39, 0.29) is 17.4 Å². The summed E-state index contributed by atoms with van der Waals surface area (Å²) in [6, 6.07) is -0.210. The summed E-state index contributed by atoms with van der Waals surface area (Å²) in [6.45, 7) is 1.93. The first kappa shape index (κ1) is 14.2. The Labute approximate surface area is 116 Å². The molecule has 2 rings (SSSR count). The van der Waals surface area contributed by atoms with Crippen LogP contribution in [-0.2, 0) is 0 Å². The molecule has 19 heavy (non-hydrogen) atoms. The van der Waals surface area contributed by atoms with Gasteiger partial charge in [-0.25, -0.2) is 9.48 Å². The van der Waals surface area contributed by atoms with Crippen LogP contribution in [0, 0.1) is 0 Å². The first-order valence-electron chi connectivity index (χ1n) is 6.48. The van der Waals surface area contributed by atoms with Gasteiger partial charge in [-0.05, 0) is 18.6 Å². The van der Waals surface area contributed by atoms with Gasteiger partial charge in [0.25, 0.3) is 0 Å². The molecule has 6 nitrogen and oxygen atoms in total. The molecule has 2 unspecified atom stereocenters. The molecule has 1 saturated carbocycles. The van der Waals surface area contributed by atoms with Crippen molar-refractivity contribution in [1.82, 2.24) is 9.78 Å². The lowest BCUT2D eigenvalue weighted by molar-refractivity contribution is 0.0682. The maximum absolute atomic E-state index is 11.3. The van der Waals surface area contributed by atoms with Crippen LogP contribution in [0.25, 0.3) is 0 Å². The largest absolute Gasteiger partial charge is 0.477 e. The Bertz CT molecular complexity index is 475. The molecule has 0 radical (unpaired) electrons. The van der Waals surface area contributed by atoms with Gasteiger partial charge < -0.3 is 15.9 Å². The molecule has 7 heteroatoms. The molecule has 1 aliphatic carbocycles. The first-order chi connectivity index (χ1) is 9.06. The van der Waals surface area contributed by atoms with Gasteiger partial charge in [-0.3, -0.25) is 0 Å². The molecule has 1 fully saturated rings. The monoisotopic (exact) mass is 285 g/mol. The van der Waals surface area contributed by atoms with Gasteiger partial charge >= 0.3 is 5.97 Å². The van der Waals surface area contributed by atoms with Gasteiger partial charge in [-0.15, -0.1) is 11.8 Å². The Morgan fingerprint density at radius 2 is 2.21 bits per heavy atom. The minimum atomic E-state index is -1.06. The quantitative estimate of drug-likeness (QED) is 0.729. The van der Waals surface area contributed by atoms with E-state index in [0.717, 1.165) is 25.0 Å². The van der Waals surface area contributed by atoms with Gasteiger partial charge in [0, 0.05) is 0 Å². The SMILES string of the molecule is CCSc1nn(C2CCCCC2O)c(N)c1C(=O)O. The predicted molar refractivity (Wildman–Crippen MR) is 73.5 cm³/mol. The standard InChI is InChI=1S/C12H19N3O3S/c1-2-19-11-9(12(17)18)10(13)15(14-11)7-5-3-4-6-8(7)16/h7-8,16H,2-6,13H2,1H3,(H,17,18). The van der Waals surface area contributed by atoms with Crippen molar-refractivity contribution in [2.75, 3.05) is 11.5 Å². The van der Waals surface area contributed by atoms with Crippen molar-refractivity contribution in [2.45, 2.75) is 49.8 Å². The lowest BCUT2D eigenvalue weighted by Crippen LogP contribution is -2.29. The maximum Gasteiger partial charge on any atom is 0.342 e. The summed E-state index contributed by atoms with van der Waals surface area (Å²) in [5, 5.41) is 24.0. The topological polar surface area (TPSA) is 101 Å². The fourth-order valence-corrected chi connectivity index (χ4v) is 3.25. The van der Waals surface area contributed by atoms with Crippen molar-refractivity contribution < 1.29 is 15.0 Å². The van der Waals surface area contributed by atoms with Crippen LogP contribution < -0.4 is 5.73 Å². The number of aromatic carboxylic acids is 1. The fourth-order valence-electron chi connectivity index (χ4n) is 2.49. The molecule has 0 spiro atoms. The molecule has 0 aliphatic heterocycles. The van der Waals surface area contributed by atoms with Crippen LogP contribution in [0.2, 0.25) is 0 Å². The second-order valence-electron chi connectivity index (χ2n) is 4.67. The Balaban J connectivity index is 2.40. The Morgan fingerprint density at radius 1 is 1.53 bits per heavy atom. The molecule has 0 bridgehead atoms. The molecule has 2 atom stereocenters. The minimum Gasteiger partial charge on any atom is -0.477 e. The van der Waals surface area contributed by atoms with E-state index < -0.39 is 12.1 Å². The van der Waals surface area contributed by atoms with Crippen molar-refractivity contribution in [3.05, 3.63) is 5.56 Å². The third-order valence-electron chi connectivity index (χ3n) is 3.42. The molecule has 4 N–H and O–H groups in total. The number of nitrogen functional groups attached to an aromatic ring is 1. The van der Waals surface area contributed by atoms with Crippen LogP contribution in [-0.4, -0.2) is 37.8 Å². The molecule has 0 aromatic carbocycles. The highest BCUT2D eigenvalue weighted by atomic mass is 32.2. The van der Waals surface area contributed by atoms with E-state index in [2.05, 4.69) is 5.10 Å². The van der Waals surface area contributed by atoms with Gasteiger partial charge in [0.1, 0.15) is 16.4 Å². The van der Waals surface area contributed by atoms with E-state index in [1.165, 1.54) is 16.4 Å². The van der Waals surface area contributed by atoms with Gasteiger partial charge in [0.2, 0.25) is 0 Å². The number of anilines is 1.